The van der Waals surface area contributed by atoms with Crippen molar-refractivity contribution in [2.24, 2.45) is 0 Å². The molecule has 0 atom stereocenters. The van der Waals surface area contributed by atoms with Crippen LogP contribution in [0.3, 0.4) is 0 Å². The number of benzene rings is 2. The molecular formula is C19H16BrN3O4. The number of fused-ring (bicyclic) bond motifs is 2. The first-order valence-electron chi connectivity index (χ1n) is 8.30. The standard InChI is InChI=1S/C19H16BrN3O4/c20-13-2-3-15-12(5-13)6-14(23-15)8-21-18(24)9-22-19(25)11-1-4-16-17(7-11)27-10-26-16/h1-7,23H,8-10H2,(H,21,24)(H,22,25). The Hall–Kier alpha value is -3.00. The van der Waals surface area contributed by atoms with Gasteiger partial charge in [-0.15, -0.1) is 0 Å². The van der Waals surface area contributed by atoms with E-state index in [4.69, 9.17) is 9.47 Å². The lowest BCUT2D eigenvalue weighted by Gasteiger charge is -2.07. The SMILES string of the molecule is O=C(CNC(=O)c1ccc2c(c1)OCO2)NCc1cc2cc(Br)ccc2[nH]1. The fourth-order valence-electron chi connectivity index (χ4n) is 2.82. The van der Waals surface area contributed by atoms with Crippen molar-refractivity contribution in [1.29, 1.82) is 0 Å². The lowest BCUT2D eigenvalue weighted by Crippen LogP contribution is -2.36. The summed E-state index contributed by atoms with van der Waals surface area (Å²) >= 11 is 3.43. The fourth-order valence-corrected chi connectivity index (χ4v) is 3.19. The first kappa shape index (κ1) is 17.4. The molecule has 1 aliphatic heterocycles. The Morgan fingerprint density at radius 2 is 1.89 bits per heavy atom. The number of amides is 2. The summed E-state index contributed by atoms with van der Waals surface area (Å²) in [6, 6.07) is 12.8. The van der Waals surface area contributed by atoms with Crippen LogP contribution in [0.25, 0.3) is 10.9 Å². The highest BCUT2D eigenvalue weighted by atomic mass is 79.9. The van der Waals surface area contributed by atoms with Gasteiger partial charge in [0.15, 0.2) is 11.5 Å². The van der Waals surface area contributed by atoms with E-state index in [1.54, 1.807) is 18.2 Å². The Morgan fingerprint density at radius 3 is 2.78 bits per heavy atom. The molecule has 1 aliphatic rings. The molecule has 0 fully saturated rings. The molecule has 27 heavy (non-hydrogen) atoms. The van der Waals surface area contributed by atoms with E-state index in [-0.39, 0.29) is 25.2 Å². The van der Waals surface area contributed by atoms with E-state index in [0.29, 0.717) is 23.6 Å². The van der Waals surface area contributed by atoms with Crippen molar-refractivity contribution in [2.75, 3.05) is 13.3 Å². The second-order valence-electron chi connectivity index (χ2n) is 6.05. The molecule has 0 unspecified atom stereocenters. The van der Waals surface area contributed by atoms with Crippen LogP contribution in [-0.2, 0) is 11.3 Å². The molecule has 0 saturated heterocycles. The van der Waals surface area contributed by atoms with E-state index in [1.807, 2.05) is 24.3 Å². The van der Waals surface area contributed by atoms with Crippen molar-refractivity contribution in [1.82, 2.24) is 15.6 Å². The number of H-pyrrole nitrogens is 1. The summed E-state index contributed by atoms with van der Waals surface area (Å²) < 4.78 is 11.5. The van der Waals surface area contributed by atoms with Crippen molar-refractivity contribution in [3.63, 3.8) is 0 Å². The number of carbonyl (C=O) groups excluding carboxylic acids is 2. The Kier molecular flexibility index (Phi) is 4.72. The zero-order valence-corrected chi connectivity index (χ0v) is 15.8. The van der Waals surface area contributed by atoms with Crippen molar-refractivity contribution in [3.8, 4) is 11.5 Å². The number of hydrogen-bond donors (Lipinski definition) is 3. The molecule has 0 radical (unpaired) electrons. The first-order chi connectivity index (χ1) is 13.1. The zero-order chi connectivity index (χ0) is 18.8. The predicted molar refractivity (Wildman–Crippen MR) is 103 cm³/mol. The molecule has 0 saturated carbocycles. The van der Waals surface area contributed by atoms with Crippen LogP contribution < -0.4 is 20.1 Å². The maximum atomic E-state index is 12.2. The molecule has 3 N–H and O–H groups in total. The largest absolute Gasteiger partial charge is 0.454 e. The van der Waals surface area contributed by atoms with E-state index < -0.39 is 0 Å². The van der Waals surface area contributed by atoms with Gasteiger partial charge in [-0.25, -0.2) is 0 Å². The maximum Gasteiger partial charge on any atom is 0.251 e. The molecule has 0 spiro atoms. The molecule has 0 aliphatic carbocycles. The molecule has 0 bridgehead atoms. The van der Waals surface area contributed by atoms with Gasteiger partial charge in [-0.05, 0) is 42.5 Å². The van der Waals surface area contributed by atoms with Crippen LogP contribution in [0.4, 0.5) is 0 Å². The molecule has 7 nitrogen and oxygen atoms in total. The number of rotatable bonds is 5. The van der Waals surface area contributed by atoms with Crippen molar-refractivity contribution in [3.05, 3.63) is 58.2 Å². The molecule has 8 heteroatoms. The highest BCUT2D eigenvalue weighted by Gasteiger charge is 2.16. The highest BCUT2D eigenvalue weighted by Crippen LogP contribution is 2.32. The normalized spacial score (nSPS) is 12.2. The average molecular weight is 430 g/mol. The van der Waals surface area contributed by atoms with E-state index >= 15 is 0 Å². The third kappa shape index (κ3) is 3.90. The van der Waals surface area contributed by atoms with Gasteiger partial charge in [0.05, 0.1) is 13.1 Å². The third-order valence-electron chi connectivity index (χ3n) is 4.16. The number of aromatic amines is 1. The topological polar surface area (TPSA) is 92.5 Å². The van der Waals surface area contributed by atoms with Crippen LogP contribution in [0.1, 0.15) is 16.1 Å². The Labute approximate surface area is 163 Å². The quantitative estimate of drug-likeness (QED) is 0.581. The molecule has 2 aromatic carbocycles. The number of ether oxygens (including phenoxy) is 2. The van der Waals surface area contributed by atoms with Crippen LogP contribution in [-0.4, -0.2) is 30.1 Å². The van der Waals surface area contributed by atoms with Crippen molar-refractivity contribution in [2.45, 2.75) is 6.54 Å². The lowest BCUT2D eigenvalue weighted by molar-refractivity contribution is -0.120. The second-order valence-corrected chi connectivity index (χ2v) is 6.97. The third-order valence-corrected chi connectivity index (χ3v) is 4.65. The Morgan fingerprint density at radius 1 is 1.04 bits per heavy atom. The number of hydrogen-bond acceptors (Lipinski definition) is 4. The minimum absolute atomic E-state index is 0.112. The van der Waals surface area contributed by atoms with Crippen LogP contribution in [0.15, 0.2) is 46.9 Å². The summed E-state index contributed by atoms with van der Waals surface area (Å²) in [4.78, 5) is 27.4. The minimum Gasteiger partial charge on any atom is -0.454 e. The minimum atomic E-state index is -0.348. The van der Waals surface area contributed by atoms with Gasteiger partial charge in [-0.2, -0.15) is 0 Å². The molecule has 2 amide bonds. The number of carbonyl (C=O) groups is 2. The molecular weight excluding hydrogens is 414 g/mol. The lowest BCUT2D eigenvalue weighted by atomic mass is 10.2. The first-order valence-corrected chi connectivity index (χ1v) is 9.09. The summed E-state index contributed by atoms with van der Waals surface area (Å²) in [5, 5.41) is 6.44. The molecule has 4 rings (SSSR count). The predicted octanol–water partition coefficient (Wildman–Crippen LogP) is 2.71. The number of nitrogens with one attached hydrogen (secondary N) is 3. The Bertz CT molecular complexity index is 1030. The number of aromatic nitrogens is 1. The summed E-state index contributed by atoms with van der Waals surface area (Å²) in [6.07, 6.45) is 0. The van der Waals surface area contributed by atoms with E-state index in [1.165, 1.54) is 0 Å². The fraction of sp³-hybridized carbons (Fsp3) is 0.158. The monoisotopic (exact) mass is 429 g/mol. The zero-order valence-electron chi connectivity index (χ0n) is 14.2. The summed E-state index contributed by atoms with van der Waals surface area (Å²) in [6.45, 7) is 0.387. The van der Waals surface area contributed by atoms with E-state index in [0.717, 1.165) is 21.1 Å². The van der Waals surface area contributed by atoms with Gasteiger partial charge in [0.2, 0.25) is 12.7 Å². The van der Waals surface area contributed by atoms with Crippen molar-refractivity contribution < 1.29 is 19.1 Å². The van der Waals surface area contributed by atoms with Crippen LogP contribution >= 0.6 is 15.9 Å². The number of halogens is 1. The molecule has 138 valence electrons. The summed E-state index contributed by atoms with van der Waals surface area (Å²) in [7, 11) is 0. The van der Waals surface area contributed by atoms with Gasteiger partial charge in [0.1, 0.15) is 0 Å². The van der Waals surface area contributed by atoms with Crippen LogP contribution in [0.5, 0.6) is 11.5 Å². The maximum absolute atomic E-state index is 12.2. The average Bonchev–Trinajstić information content (AvgIpc) is 3.29. The Balaban J connectivity index is 1.29. The van der Waals surface area contributed by atoms with E-state index in [9.17, 15) is 9.59 Å². The van der Waals surface area contributed by atoms with Gasteiger partial charge in [-0.1, -0.05) is 15.9 Å². The summed E-state index contributed by atoms with van der Waals surface area (Å²) in [5.41, 5.74) is 2.30. The smallest absolute Gasteiger partial charge is 0.251 e. The summed E-state index contributed by atoms with van der Waals surface area (Å²) in [5.74, 6) is 0.509. The molecule has 3 aromatic rings. The van der Waals surface area contributed by atoms with Crippen LogP contribution in [0, 0.1) is 0 Å². The van der Waals surface area contributed by atoms with Gasteiger partial charge >= 0.3 is 0 Å². The van der Waals surface area contributed by atoms with Gasteiger partial charge in [-0.3, -0.25) is 9.59 Å². The van der Waals surface area contributed by atoms with Crippen LogP contribution in [0.2, 0.25) is 0 Å². The van der Waals surface area contributed by atoms with Gasteiger partial charge in [0.25, 0.3) is 5.91 Å². The molecule has 1 aromatic heterocycles. The van der Waals surface area contributed by atoms with Gasteiger partial charge < -0.3 is 25.1 Å². The van der Waals surface area contributed by atoms with Gasteiger partial charge in [0, 0.05) is 26.6 Å². The van der Waals surface area contributed by atoms with Crippen molar-refractivity contribution >= 4 is 38.6 Å². The second kappa shape index (κ2) is 7.32. The van der Waals surface area contributed by atoms with E-state index in [2.05, 4.69) is 31.5 Å². The molecule has 2 heterocycles. The highest BCUT2D eigenvalue weighted by molar-refractivity contribution is 9.10.